The van der Waals surface area contributed by atoms with Gasteiger partial charge in [0.2, 0.25) is 0 Å². The summed E-state index contributed by atoms with van der Waals surface area (Å²) in [5.41, 5.74) is 0.905. The second kappa shape index (κ2) is 8.05. The smallest absolute Gasteiger partial charge is 0.302 e. The van der Waals surface area contributed by atoms with Gasteiger partial charge in [0.15, 0.2) is 5.69 Å². The molecule has 0 unspecified atom stereocenters. The Kier molecular flexibility index (Phi) is 5.36. The molecule has 138 valence electrons. The van der Waals surface area contributed by atoms with Gasteiger partial charge in [0.05, 0.1) is 19.9 Å². The number of nitrogens with one attached hydrogen (secondary N) is 2. The molecule has 0 spiro atoms. The summed E-state index contributed by atoms with van der Waals surface area (Å²) in [5, 5.41) is 5.17. The molecule has 0 saturated carbocycles. The van der Waals surface area contributed by atoms with Gasteiger partial charge in [-0.1, -0.05) is 18.2 Å². The van der Waals surface area contributed by atoms with E-state index in [0.29, 0.717) is 22.7 Å². The van der Waals surface area contributed by atoms with Crippen LogP contribution >= 0.6 is 0 Å². The first-order valence-corrected chi connectivity index (χ1v) is 7.96. The lowest BCUT2D eigenvalue weighted by Gasteiger charge is -2.10. The fourth-order valence-electron chi connectivity index (χ4n) is 2.28. The fraction of sp³-hybridized carbons (Fsp3) is 0.105. The molecule has 8 nitrogen and oxygen atoms in total. The molecule has 8 heteroatoms. The third-order valence-corrected chi connectivity index (χ3v) is 3.65. The zero-order valence-corrected chi connectivity index (χ0v) is 14.7. The standard InChI is InChI=1S/C19H17N3O5/c1-25-13-8-9-14(16(10-13)26-2)20-18(24)15-11-27-19(21-15)22-17(23)12-6-4-3-5-7-12/h3-11H,1-2H3,(H,20,24)(H,21,22,23). The number of benzene rings is 2. The minimum Gasteiger partial charge on any atom is -0.497 e. The lowest BCUT2D eigenvalue weighted by atomic mass is 10.2. The van der Waals surface area contributed by atoms with Crippen LogP contribution in [-0.4, -0.2) is 31.0 Å². The lowest BCUT2D eigenvalue weighted by molar-refractivity contribution is 0.101. The average Bonchev–Trinajstić information content (AvgIpc) is 3.17. The predicted molar refractivity (Wildman–Crippen MR) is 98.4 cm³/mol. The number of hydrogen-bond acceptors (Lipinski definition) is 6. The second-order valence-electron chi connectivity index (χ2n) is 5.38. The Balaban J connectivity index is 1.69. The van der Waals surface area contributed by atoms with Crippen molar-refractivity contribution in [1.29, 1.82) is 0 Å². The number of carbonyl (C=O) groups is 2. The molecule has 27 heavy (non-hydrogen) atoms. The Labute approximate surface area is 155 Å². The van der Waals surface area contributed by atoms with E-state index >= 15 is 0 Å². The number of rotatable bonds is 6. The number of anilines is 2. The van der Waals surface area contributed by atoms with Gasteiger partial charge in [0.25, 0.3) is 11.8 Å². The second-order valence-corrected chi connectivity index (χ2v) is 5.38. The maximum atomic E-state index is 12.4. The normalized spacial score (nSPS) is 10.1. The summed E-state index contributed by atoms with van der Waals surface area (Å²) in [6.45, 7) is 0. The predicted octanol–water partition coefficient (Wildman–Crippen LogP) is 3.20. The molecule has 3 aromatic rings. The average molecular weight is 367 g/mol. The molecule has 1 heterocycles. The van der Waals surface area contributed by atoms with E-state index in [9.17, 15) is 9.59 Å². The Bertz CT molecular complexity index is 953. The molecule has 2 aromatic carbocycles. The summed E-state index contributed by atoms with van der Waals surface area (Å²) in [6, 6.07) is 13.5. The quantitative estimate of drug-likeness (QED) is 0.694. The first-order valence-electron chi connectivity index (χ1n) is 7.96. The SMILES string of the molecule is COc1ccc(NC(=O)c2coc(NC(=O)c3ccccc3)n2)c(OC)c1. The van der Waals surface area contributed by atoms with Crippen LogP contribution in [0.4, 0.5) is 11.7 Å². The monoisotopic (exact) mass is 367 g/mol. The molecule has 3 rings (SSSR count). The Morgan fingerprint density at radius 2 is 1.74 bits per heavy atom. The van der Waals surface area contributed by atoms with Crippen molar-refractivity contribution in [2.75, 3.05) is 24.9 Å². The van der Waals surface area contributed by atoms with Gasteiger partial charge in [-0.3, -0.25) is 14.9 Å². The highest BCUT2D eigenvalue weighted by Crippen LogP contribution is 2.29. The van der Waals surface area contributed by atoms with Crippen LogP contribution in [-0.2, 0) is 0 Å². The topological polar surface area (TPSA) is 103 Å². The molecule has 0 atom stereocenters. The summed E-state index contributed by atoms with van der Waals surface area (Å²) < 4.78 is 15.5. The molecule has 0 bridgehead atoms. The fourth-order valence-corrected chi connectivity index (χ4v) is 2.28. The lowest BCUT2D eigenvalue weighted by Crippen LogP contribution is -2.14. The summed E-state index contributed by atoms with van der Waals surface area (Å²) in [5.74, 6) is 0.129. The molecule has 0 fully saturated rings. The minimum absolute atomic E-state index is 0.0104. The molecule has 0 radical (unpaired) electrons. The van der Waals surface area contributed by atoms with Crippen molar-refractivity contribution in [1.82, 2.24) is 4.98 Å². The van der Waals surface area contributed by atoms with Crippen LogP contribution in [0.5, 0.6) is 11.5 Å². The Morgan fingerprint density at radius 3 is 2.44 bits per heavy atom. The number of methoxy groups -OCH3 is 2. The van der Waals surface area contributed by atoms with E-state index in [2.05, 4.69) is 15.6 Å². The maximum absolute atomic E-state index is 12.4. The largest absolute Gasteiger partial charge is 0.497 e. The highest BCUT2D eigenvalue weighted by Gasteiger charge is 2.16. The third kappa shape index (κ3) is 4.24. The van der Waals surface area contributed by atoms with E-state index in [1.165, 1.54) is 14.2 Å². The molecule has 1 aromatic heterocycles. The highest BCUT2D eigenvalue weighted by molar-refractivity contribution is 6.05. The molecule has 0 saturated heterocycles. The number of ether oxygens (including phenoxy) is 2. The van der Waals surface area contributed by atoms with Crippen molar-refractivity contribution in [2.24, 2.45) is 0 Å². The number of oxazole rings is 1. The van der Waals surface area contributed by atoms with Crippen molar-refractivity contribution >= 4 is 23.5 Å². The Morgan fingerprint density at radius 1 is 0.963 bits per heavy atom. The van der Waals surface area contributed by atoms with E-state index in [4.69, 9.17) is 13.9 Å². The van der Waals surface area contributed by atoms with Crippen molar-refractivity contribution in [3.8, 4) is 11.5 Å². The van der Waals surface area contributed by atoms with Crippen LogP contribution in [0.15, 0.2) is 59.2 Å². The van der Waals surface area contributed by atoms with Crippen molar-refractivity contribution < 1.29 is 23.5 Å². The van der Waals surface area contributed by atoms with Crippen LogP contribution in [0.3, 0.4) is 0 Å². The molecular formula is C19H17N3O5. The molecular weight excluding hydrogens is 350 g/mol. The summed E-state index contributed by atoms with van der Waals surface area (Å²) >= 11 is 0. The third-order valence-electron chi connectivity index (χ3n) is 3.65. The van der Waals surface area contributed by atoms with E-state index in [1.54, 1.807) is 48.5 Å². The zero-order valence-electron chi connectivity index (χ0n) is 14.7. The number of amides is 2. The molecule has 0 aliphatic rings. The van der Waals surface area contributed by atoms with Crippen LogP contribution < -0.4 is 20.1 Å². The zero-order chi connectivity index (χ0) is 19.2. The van der Waals surface area contributed by atoms with Crippen LogP contribution in [0.2, 0.25) is 0 Å². The van der Waals surface area contributed by atoms with Gasteiger partial charge < -0.3 is 19.2 Å². The maximum Gasteiger partial charge on any atom is 0.302 e. The van der Waals surface area contributed by atoms with Crippen molar-refractivity contribution in [3.63, 3.8) is 0 Å². The summed E-state index contributed by atoms with van der Waals surface area (Å²) in [4.78, 5) is 28.4. The number of aromatic nitrogens is 1. The van der Waals surface area contributed by atoms with Gasteiger partial charge in [0.1, 0.15) is 17.8 Å². The van der Waals surface area contributed by atoms with Crippen LogP contribution in [0, 0.1) is 0 Å². The first kappa shape index (κ1) is 18.0. The molecule has 0 aliphatic carbocycles. The van der Waals surface area contributed by atoms with E-state index in [0.717, 1.165) is 6.26 Å². The van der Waals surface area contributed by atoms with Crippen molar-refractivity contribution in [2.45, 2.75) is 0 Å². The van der Waals surface area contributed by atoms with E-state index in [1.807, 2.05) is 0 Å². The van der Waals surface area contributed by atoms with Gasteiger partial charge in [-0.05, 0) is 24.3 Å². The van der Waals surface area contributed by atoms with Gasteiger partial charge >= 0.3 is 6.01 Å². The van der Waals surface area contributed by atoms with Gasteiger partial charge in [-0.2, -0.15) is 4.98 Å². The summed E-state index contributed by atoms with van der Waals surface area (Å²) in [6.07, 6.45) is 1.16. The Hall–Kier alpha value is -3.81. The highest BCUT2D eigenvalue weighted by atomic mass is 16.5. The summed E-state index contributed by atoms with van der Waals surface area (Å²) in [7, 11) is 3.02. The van der Waals surface area contributed by atoms with Crippen LogP contribution in [0.1, 0.15) is 20.8 Å². The number of nitrogens with zero attached hydrogens (tertiary/aromatic N) is 1. The number of hydrogen-bond donors (Lipinski definition) is 2. The first-order chi connectivity index (χ1) is 13.1. The molecule has 0 aliphatic heterocycles. The molecule has 2 amide bonds. The number of carbonyl (C=O) groups excluding carboxylic acids is 2. The van der Waals surface area contributed by atoms with Crippen molar-refractivity contribution in [3.05, 3.63) is 66.1 Å². The molecule has 2 N–H and O–H groups in total. The van der Waals surface area contributed by atoms with E-state index < -0.39 is 5.91 Å². The van der Waals surface area contributed by atoms with Crippen LogP contribution in [0.25, 0.3) is 0 Å². The minimum atomic E-state index is -0.512. The van der Waals surface area contributed by atoms with Gasteiger partial charge in [-0.25, -0.2) is 0 Å². The van der Waals surface area contributed by atoms with Gasteiger partial charge in [0, 0.05) is 11.6 Å². The van der Waals surface area contributed by atoms with E-state index in [-0.39, 0.29) is 17.6 Å². The van der Waals surface area contributed by atoms with Gasteiger partial charge in [-0.15, -0.1) is 0 Å².